The molecule has 0 spiro atoms. The predicted octanol–water partition coefficient (Wildman–Crippen LogP) is 5.63. The van der Waals surface area contributed by atoms with E-state index in [1.165, 1.54) is 43.2 Å². The summed E-state index contributed by atoms with van der Waals surface area (Å²) in [5.41, 5.74) is 2.76. The molecule has 0 heterocycles. The number of hydrogen-bond acceptors (Lipinski definition) is 1. The van der Waals surface area contributed by atoms with E-state index in [-0.39, 0.29) is 0 Å². The summed E-state index contributed by atoms with van der Waals surface area (Å²) in [5, 5.41) is 0. The fourth-order valence-electron chi connectivity index (χ4n) is 3.21. The summed E-state index contributed by atoms with van der Waals surface area (Å²) in [6.07, 6.45) is 13.0. The first kappa shape index (κ1) is 16.0. The van der Waals surface area contributed by atoms with Crippen molar-refractivity contribution in [1.29, 1.82) is 0 Å². The maximum absolute atomic E-state index is 5.48. The van der Waals surface area contributed by atoms with Gasteiger partial charge in [0.05, 0.1) is 13.2 Å². The van der Waals surface area contributed by atoms with Crippen LogP contribution in [0.25, 0.3) is 0 Å². The molecule has 0 bridgehead atoms. The first-order chi connectivity index (χ1) is 10.3. The maximum Gasteiger partial charge on any atom is 0.0721 e. The molecule has 1 aromatic carbocycles. The van der Waals surface area contributed by atoms with Crippen molar-refractivity contribution in [3.63, 3.8) is 0 Å². The molecular weight excluding hydrogens is 256 g/mol. The van der Waals surface area contributed by atoms with Gasteiger partial charge >= 0.3 is 0 Å². The molecule has 114 valence electrons. The van der Waals surface area contributed by atoms with E-state index < -0.39 is 0 Å². The fourth-order valence-corrected chi connectivity index (χ4v) is 3.21. The lowest BCUT2D eigenvalue weighted by molar-refractivity contribution is 0.149. The molecule has 1 nitrogen and oxygen atoms in total. The second-order valence-electron chi connectivity index (χ2n) is 6.07. The molecule has 1 aromatic rings. The minimum absolute atomic E-state index is 0.623. The zero-order valence-electron chi connectivity index (χ0n) is 13.3. The van der Waals surface area contributed by atoms with Gasteiger partial charge in [-0.2, -0.15) is 0 Å². The number of hydrogen-bond donors (Lipinski definition) is 0. The van der Waals surface area contributed by atoms with Gasteiger partial charge in [0.25, 0.3) is 0 Å². The molecule has 0 atom stereocenters. The Kier molecular flexibility index (Phi) is 6.75. The van der Waals surface area contributed by atoms with Gasteiger partial charge in [-0.3, -0.25) is 0 Å². The smallest absolute Gasteiger partial charge is 0.0721 e. The lowest BCUT2D eigenvalue weighted by Crippen LogP contribution is -2.12. The van der Waals surface area contributed by atoms with Gasteiger partial charge in [0.15, 0.2) is 0 Å². The molecule has 0 aliphatic heterocycles. The Labute approximate surface area is 129 Å². The van der Waals surface area contributed by atoms with E-state index in [0.717, 1.165) is 11.8 Å². The van der Waals surface area contributed by atoms with Crippen LogP contribution in [0.15, 0.2) is 49.1 Å². The molecule has 0 radical (unpaired) electrons. The summed E-state index contributed by atoms with van der Waals surface area (Å²) >= 11 is 0. The van der Waals surface area contributed by atoms with E-state index in [1.54, 1.807) is 6.08 Å². The number of ether oxygens (including phenoxy) is 1. The SMILES string of the molecule is C=CCOCc1ccc([C@H]2CC[C@H](C/C=C/C)CC2)cc1. The monoisotopic (exact) mass is 284 g/mol. The molecule has 0 amide bonds. The number of benzene rings is 1. The van der Waals surface area contributed by atoms with E-state index in [2.05, 4.69) is 49.9 Å². The van der Waals surface area contributed by atoms with Crippen molar-refractivity contribution < 1.29 is 4.74 Å². The van der Waals surface area contributed by atoms with E-state index in [9.17, 15) is 0 Å². The highest BCUT2D eigenvalue weighted by Crippen LogP contribution is 2.37. The zero-order valence-corrected chi connectivity index (χ0v) is 13.3. The van der Waals surface area contributed by atoms with Crippen LogP contribution in [0.2, 0.25) is 0 Å². The maximum atomic E-state index is 5.48. The van der Waals surface area contributed by atoms with Crippen molar-refractivity contribution in [3.05, 3.63) is 60.2 Å². The minimum Gasteiger partial charge on any atom is -0.373 e. The summed E-state index contributed by atoms with van der Waals surface area (Å²) < 4.78 is 5.48. The lowest BCUT2D eigenvalue weighted by Gasteiger charge is -2.28. The Morgan fingerprint density at radius 1 is 1.14 bits per heavy atom. The van der Waals surface area contributed by atoms with Crippen molar-refractivity contribution in [2.45, 2.75) is 51.6 Å². The normalized spacial score (nSPS) is 22.5. The molecule has 0 saturated heterocycles. The molecule has 1 saturated carbocycles. The molecule has 1 fully saturated rings. The quantitative estimate of drug-likeness (QED) is 0.466. The summed E-state index contributed by atoms with van der Waals surface area (Å²) in [4.78, 5) is 0. The average Bonchev–Trinajstić information content (AvgIpc) is 2.54. The van der Waals surface area contributed by atoms with E-state index in [1.807, 2.05) is 0 Å². The van der Waals surface area contributed by atoms with Gasteiger partial charge in [-0.15, -0.1) is 6.58 Å². The van der Waals surface area contributed by atoms with E-state index >= 15 is 0 Å². The van der Waals surface area contributed by atoms with Gasteiger partial charge < -0.3 is 4.74 Å². The topological polar surface area (TPSA) is 9.23 Å². The Bertz CT molecular complexity index is 435. The van der Waals surface area contributed by atoms with Crippen LogP contribution in [0.4, 0.5) is 0 Å². The Balaban J connectivity index is 1.81. The van der Waals surface area contributed by atoms with Crippen LogP contribution in [-0.2, 0) is 11.3 Å². The van der Waals surface area contributed by atoms with Gasteiger partial charge in [0, 0.05) is 0 Å². The highest BCUT2D eigenvalue weighted by atomic mass is 16.5. The van der Waals surface area contributed by atoms with Gasteiger partial charge in [-0.25, -0.2) is 0 Å². The molecule has 2 rings (SSSR count). The van der Waals surface area contributed by atoms with E-state index in [0.29, 0.717) is 13.2 Å². The third kappa shape index (κ3) is 5.17. The van der Waals surface area contributed by atoms with Gasteiger partial charge in [-0.05, 0) is 62.0 Å². The molecule has 0 unspecified atom stereocenters. The van der Waals surface area contributed by atoms with Crippen LogP contribution in [0.1, 0.15) is 56.1 Å². The van der Waals surface area contributed by atoms with Gasteiger partial charge in [-0.1, -0.05) is 42.5 Å². The van der Waals surface area contributed by atoms with Crippen LogP contribution in [0, 0.1) is 5.92 Å². The molecule has 0 aromatic heterocycles. The molecule has 1 heteroatoms. The van der Waals surface area contributed by atoms with Crippen LogP contribution in [0.3, 0.4) is 0 Å². The largest absolute Gasteiger partial charge is 0.373 e. The van der Waals surface area contributed by atoms with Crippen LogP contribution < -0.4 is 0 Å². The summed E-state index contributed by atoms with van der Waals surface area (Å²) in [6.45, 7) is 7.09. The molecule has 21 heavy (non-hydrogen) atoms. The Morgan fingerprint density at radius 3 is 2.48 bits per heavy atom. The van der Waals surface area contributed by atoms with Crippen molar-refractivity contribution in [1.82, 2.24) is 0 Å². The van der Waals surface area contributed by atoms with E-state index in [4.69, 9.17) is 4.74 Å². The first-order valence-electron chi connectivity index (χ1n) is 8.22. The molecule has 1 aliphatic rings. The van der Waals surface area contributed by atoms with Gasteiger partial charge in [0.2, 0.25) is 0 Å². The number of rotatable bonds is 7. The van der Waals surface area contributed by atoms with Crippen molar-refractivity contribution in [2.24, 2.45) is 5.92 Å². The van der Waals surface area contributed by atoms with Crippen LogP contribution >= 0.6 is 0 Å². The summed E-state index contributed by atoms with van der Waals surface area (Å²) in [7, 11) is 0. The summed E-state index contributed by atoms with van der Waals surface area (Å²) in [5.74, 6) is 1.67. The zero-order chi connectivity index (χ0) is 14.9. The minimum atomic E-state index is 0.623. The average molecular weight is 284 g/mol. The Morgan fingerprint density at radius 2 is 1.86 bits per heavy atom. The lowest BCUT2D eigenvalue weighted by atomic mass is 9.77. The molecular formula is C20H28O. The third-order valence-electron chi connectivity index (χ3n) is 4.51. The molecule has 0 N–H and O–H groups in total. The third-order valence-corrected chi connectivity index (χ3v) is 4.51. The standard InChI is InChI=1S/C20H28O/c1-3-5-6-17-7-11-19(12-8-17)20-13-9-18(10-14-20)16-21-15-4-2/h3-5,9-10,13-14,17,19H,2,6-8,11-12,15-16H2,1H3/b5-3+/t17-,19-. The summed E-state index contributed by atoms with van der Waals surface area (Å²) in [6, 6.07) is 9.02. The Hall–Kier alpha value is -1.34. The van der Waals surface area contributed by atoms with Gasteiger partial charge in [0.1, 0.15) is 0 Å². The highest BCUT2D eigenvalue weighted by Gasteiger charge is 2.21. The second kappa shape index (κ2) is 8.84. The fraction of sp³-hybridized carbons (Fsp3) is 0.500. The predicted molar refractivity (Wildman–Crippen MR) is 90.4 cm³/mol. The van der Waals surface area contributed by atoms with Crippen molar-refractivity contribution in [3.8, 4) is 0 Å². The van der Waals surface area contributed by atoms with Crippen LogP contribution in [-0.4, -0.2) is 6.61 Å². The van der Waals surface area contributed by atoms with Crippen molar-refractivity contribution >= 4 is 0 Å². The number of allylic oxidation sites excluding steroid dienone is 2. The molecule has 1 aliphatic carbocycles. The first-order valence-corrected chi connectivity index (χ1v) is 8.22. The van der Waals surface area contributed by atoms with Crippen LogP contribution in [0.5, 0.6) is 0 Å². The second-order valence-corrected chi connectivity index (χ2v) is 6.07. The van der Waals surface area contributed by atoms with Crippen molar-refractivity contribution in [2.75, 3.05) is 6.61 Å². The highest BCUT2D eigenvalue weighted by molar-refractivity contribution is 5.25.